The van der Waals surface area contributed by atoms with Crippen molar-refractivity contribution in [3.63, 3.8) is 0 Å². The summed E-state index contributed by atoms with van der Waals surface area (Å²) in [5.74, 6) is 2.00. The zero-order valence-electron chi connectivity index (χ0n) is 29.1. The van der Waals surface area contributed by atoms with Crippen molar-refractivity contribution in [2.45, 2.75) is 102 Å². The number of nitrogens with two attached hydrogens (primary N) is 1. The van der Waals surface area contributed by atoms with Gasteiger partial charge in [-0.1, -0.05) is 50.6 Å². The van der Waals surface area contributed by atoms with Crippen LogP contribution in [-0.4, -0.2) is 51.7 Å². The molecule has 256 valence electrons. The van der Waals surface area contributed by atoms with Crippen molar-refractivity contribution in [2.75, 3.05) is 31.1 Å². The van der Waals surface area contributed by atoms with Gasteiger partial charge in [-0.3, -0.25) is 0 Å². The third kappa shape index (κ3) is 7.06. The minimum Gasteiger partial charge on any atom is -0.490 e. The van der Waals surface area contributed by atoms with E-state index in [2.05, 4.69) is 63.0 Å². The van der Waals surface area contributed by atoms with E-state index in [-0.39, 0.29) is 16.6 Å². The van der Waals surface area contributed by atoms with Crippen LogP contribution in [0, 0.1) is 23.7 Å². The van der Waals surface area contributed by atoms with E-state index in [4.69, 9.17) is 26.5 Å². The Morgan fingerprint density at radius 2 is 1.96 bits per heavy atom. The van der Waals surface area contributed by atoms with E-state index in [1.165, 1.54) is 24.0 Å². The molecule has 0 amide bonds. The summed E-state index contributed by atoms with van der Waals surface area (Å²) in [7, 11) is -2.03. The Kier molecular flexibility index (Phi) is 9.94. The number of carboxylic acid groups (broad SMARTS) is 1. The molecule has 0 radical (unpaired) electrons. The largest absolute Gasteiger partial charge is 0.490 e. The maximum absolute atomic E-state index is 12.1. The van der Waals surface area contributed by atoms with E-state index in [1.54, 1.807) is 6.07 Å². The van der Waals surface area contributed by atoms with Gasteiger partial charge in [0, 0.05) is 23.5 Å². The van der Waals surface area contributed by atoms with Gasteiger partial charge in [0.25, 0.3) is 0 Å². The molecule has 1 spiro atoms. The zero-order valence-corrected chi connectivity index (χ0v) is 30.8. The third-order valence-corrected chi connectivity index (χ3v) is 17.1. The summed E-state index contributed by atoms with van der Waals surface area (Å²) in [6.45, 7) is 14.7. The molecule has 3 N–H and O–H groups in total. The molecule has 0 unspecified atom stereocenters. The van der Waals surface area contributed by atoms with Crippen molar-refractivity contribution in [1.29, 1.82) is 0 Å². The molecule has 0 saturated heterocycles. The average Bonchev–Trinajstić information content (AvgIpc) is 3.13. The van der Waals surface area contributed by atoms with Crippen LogP contribution in [0.4, 0.5) is 5.69 Å². The molecule has 0 aromatic heterocycles. The zero-order chi connectivity index (χ0) is 33.6. The normalized spacial score (nSPS) is 28.1. The van der Waals surface area contributed by atoms with Crippen molar-refractivity contribution in [2.24, 2.45) is 29.4 Å². The number of hydrogen-bond acceptors (Lipinski definition) is 5. The van der Waals surface area contributed by atoms with Gasteiger partial charge in [-0.2, -0.15) is 0 Å². The number of halogens is 1. The Hall–Kier alpha value is -2.32. The number of hydrogen-bond donors (Lipinski definition) is 2. The molecule has 2 aromatic rings. The minimum atomic E-state index is -2.03. The molecular weight excluding hydrogens is 624 g/mol. The molecule has 3 aliphatic carbocycles. The number of carbonyl (C=O) groups is 1. The number of aryl methyl sites for hydroxylation is 1. The number of carboxylic acids is 1. The van der Waals surface area contributed by atoms with E-state index in [9.17, 15) is 9.90 Å². The molecule has 6 rings (SSSR count). The van der Waals surface area contributed by atoms with Crippen LogP contribution in [0.25, 0.3) is 0 Å². The van der Waals surface area contributed by atoms with Crippen LogP contribution in [0.1, 0.15) is 87.2 Å². The third-order valence-electron chi connectivity index (χ3n) is 12.4. The van der Waals surface area contributed by atoms with E-state index in [0.29, 0.717) is 35.8 Å². The van der Waals surface area contributed by atoms with Gasteiger partial charge in [0.05, 0.1) is 24.0 Å². The van der Waals surface area contributed by atoms with Crippen molar-refractivity contribution in [3.8, 4) is 5.75 Å². The first-order valence-corrected chi connectivity index (χ1v) is 21.2. The van der Waals surface area contributed by atoms with E-state index in [0.717, 1.165) is 74.6 Å². The Labute approximate surface area is 288 Å². The van der Waals surface area contributed by atoms with Crippen LogP contribution in [0.2, 0.25) is 23.2 Å². The number of fused-ring (bicyclic) bond motifs is 3. The first-order valence-electron chi connectivity index (χ1n) is 17.9. The summed E-state index contributed by atoms with van der Waals surface area (Å²) >= 11 is 6.46. The monoisotopic (exact) mass is 678 g/mol. The predicted octanol–water partition coefficient (Wildman–Crippen LogP) is 8.86. The number of anilines is 1. The lowest BCUT2D eigenvalue weighted by atomic mass is 9.68. The lowest BCUT2D eigenvalue weighted by molar-refractivity contribution is 0.0517. The Morgan fingerprint density at radius 1 is 1.17 bits per heavy atom. The summed E-state index contributed by atoms with van der Waals surface area (Å²) in [4.78, 5) is 14.6. The van der Waals surface area contributed by atoms with Crippen LogP contribution in [-0.2, 0) is 16.3 Å². The molecule has 2 aromatic carbocycles. The number of aromatic carboxylic acids is 1. The van der Waals surface area contributed by atoms with E-state index >= 15 is 0 Å². The molecule has 1 heterocycles. The predicted molar refractivity (Wildman–Crippen MR) is 194 cm³/mol. The Morgan fingerprint density at radius 3 is 2.62 bits per heavy atom. The second kappa shape index (κ2) is 13.5. The topological polar surface area (TPSA) is 85.0 Å². The Balaban J connectivity index is 1.32. The number of benzene rings is 2. The lowest BCUT2D eigenvalue weighted by Gasteiger charge is -2.48. The highest BCUT2D eigenvalue weighted by Gasteiger charge is 2.47. The first-order chi connectivity index (χ1) is 22.3. The molecule has 2 fully saturated rings. The number of allylic oxidation sites excluding steroid dienone is 1. The van der Waals surface area contributed by atoms with Gasteiger partial charge < -0.3 is 24.9 Å². The highest BCUT2D eigenvalue weighted by molar-refractivity contribution is 6.74. The summed E-state index contributed by atoms with van der Waals surface area (Å²) in [6, 6.07) is 11.7. The van der Waals surface area contributed by atoms with Crippen LogP contribution >= 0.6 is 11.6 Å². The van der Waals surface area contributed by atoms with E-state index < -0.39 is 14.3 Å². The van der Waals surface area contributed by atoms with Crippen LogP contribution in [0.15, 0.2) is 48.6 Å². The van der Waals surface area contributed by atoms with Crippen molar-refractivity contribution in [1.82, 2.24) is 0 Å². The first kappa shape index (κ1) is 34.5. The summed E-state index contributed by atoms with van der Waals surface area (Å²) in [6.07, 6.45) is 14.0. The van der Waals surface area contributed by atoms with Gasteiger partial charge in [0.15, 0.2) is 8.32 Å². The van der Waals surface area contributed by atoms with E-state index in [1.807, 2.05) is 18.2 Å². The molecule has 2 saturated carbocycles. The van der Waals surface area contributed by atoms with Crippen LogP contribution in [0.5, 0.6) is 5.75 Å². The lowest BCUT2D eigenvalue weighted by Crippen LogP contribution is -2.52. The van der Waals surface area contributed by atoms with Crippen molar-refractivity contribution >= 4 is 31.6 Å². The maximum atomic E-state index is 12.1. The van der Waals surface area contributed by atoms with Gasteiger partial charge >= 0.3 is 5.97 Å². The van der Waals surface area contributed by atoms with Crippen LogP contribution in [0.3, 0.4) is 0 Å². The molecule has 1 aliphatic heterocycles. The van der Waals surface area contributed by atoms with Gasteiger partial charge in [-0.15, -0.1) is 0 Å². The quantitative estimate of drug-likeness (QED) is 0.193. The highest BCUT2D eigenvalue weighted by Crippen LogP contribution is 2.48. The second-order valence-corrected chi connectivity index (χ2v) is 21.6. The molecule has 0 bridgehead atoms. The molecule has 8 heteroatoms. The fourth-order valence-corrected chi connectivity index (χ4v) is 9.73. The molecule has 47 heavy (non-hydrogen) atoms. The molecular formula is C39H55ClN2O4Si. The molecule has 4 aliphatic rings. The number of rotatable bonds is 10. The average molecular weight is 679 g/mol. The smallest absolute Gasteiger partial charge is 0.335 e. The van der Waals surface area contributed by atoms with Gasteiger partial charge in [-0.25, -0.2) is 4.79 Å². The van der Waals surface area contributed by atoms with Crippen LogP contribution < -0.4 is 15.4 Å². The SMILES string of the molecule is CC(C)(C)[Si](C)(C)O[C@@H](/C=C/[C@H]1CC[C@@H]1CCN)[C@@H]1CC[C@H]1CN1C[C@@]2(CCCc3cc(Cl)ccc32)COc2ccc(C(=O)O)cc21. The maximum Gasteiger partial charge on any atom is 0.335 e. The van der Waals surface area contributed by atoms with Crippen molar-refractivity contribution < 1.29 is 19.1 Å². The van der Waals surface area contributed by atoms with Gasteiger partial charge in [-0.05, 0) is 141 Å². The minimum absolute atomic E-state index is 0.0772. The summed E-state index contributed by atoms with van der Waals surface area (Å²) in [5, 5.41) is 10.8. The fraction of sp³-hybridized carbons (Fsp3) is 0.615. The number of ether oxygens (including phenoxy) is 1. The van der Waals surface area contributed by atoms with Gasteiger partial charge in [0.2, 0.25) is 0 Å². The highest BCUT2D eigenvalue weighted by atomic mass is 35.5. The standard InChI is InChI=1S/C39H55ClN2O4Si/c1-38(2,3)47(4,5)46-35(16-11-26-8-9-27(26)18-20-41)32-14-10-30(32)23-42-24-39(19-6-7-28-21-31(40)13-15-33(28)39)25-45-36-17-12-29(37(43)44)22-34(36)42/h11-13,15-17,21-22,26-27,30,32,35H,6-10,14,18-20,23-25,41H2,1-5H3,(H,43,44)/b16-11+/t26-,27-,30+,32-,35+,39+/m1/s1. The van der Waals surface area contributed by atoms with Gasteiger partial charge in [0.1, 0.15) is 5.75 Å². The fourth-order valence-electron chi connectivity index (χ4n) is 8.24. The summed E-state index contributed by atoms with van der Waals surface area (Å²) in [5.41, 5.74) is 9.56. The molecule has 6 nitrogen and oxygen atoms in total. The summed E-state index contributed by atoms with van der Waals surface area (Å²) < 4.78 is 13.9. The van der Waals surface area contributed by atoms with Crippen molar-refractivity contribution in [3.05, 3.63) is 70.3 Å². The Bertz CT molecular complexity index is 1490. The number of nitrogens with zero attached hydrogens (tertiary/aromatic N) is 1. The molecule has 6 atom stereocenters. The second-order valence-electron chi connectivity index (χ2n) is 16.4.